The van der Waals surface area contributed by atoms with Crippen LogP contribution in [-0.2, 0) is 6.54 Å². The Labute approximate surface area is 155 Å². The molecule has 2 aromatic carbocycles. The van der Waals surface area contributed by atoms with Crippen LogP contribution in [0.2, 0.25) is 0 Å². The lowest BCUT2D eigenvalue weighted by molar-refractivity contribution is 0.0462. The van der Waals surface area contributed by atoms with Gasteiger partial charge in [-0.25, -0.2) is 0 Å². The molecule has 1 unspecified atom stereocenters. The van der Waals surface area contributed by atoms with E-state index in [-0.39, 0.29) is 24.2 Å². The standard InChI is InChI=1S/C20H24N2O2.ClH/c21-14-15-6-8-18(9-7-15)20(24)22-12-10-17(11-13-22)19(23)16-4-2-1-3-5-16;/h1-9,17,19,23H,10-14,21H2;1H. The molecule has 4 nitrogen and oxygen atoms in total. The third-order valence-electron chi connectivity index (χ3n) is 4.85. The maximum atomic E-state index is 12.6. The van der Waals surface area contributed by atoms with E-state index in [0.717, 1.165) is 24.0 Å². The van der Waals surface area contributed by atoms with Crippen LogP contribution in [0.5, 0.6) is 0 Å². The number of carbonyl (C=O) groups excluding carboxylic acids is 1. The molecule has 1 aliphatic rings. The molecule has 1 aliphatic heterocycles. The minimum absolute atomic E-state index is 0. The number of aliphatic hydroxyl groups excluding tert-OH is 1. The predicted molar refractivity (Wildman–Crippen MR) is 102 cm³/mol. The van der Waals surface area contributed by atoms with Crippen LogP contribution in [0.15, 0.2) is 54.6 Å². The van der Waals surface area contributed by atoms with E-state index < -0.39 is 6.10 Å². The molecule has 0 aromatic heterocycles. The summed E-state index contributed by atoms with van der Waals surface area (Å²) in [4.78, 5) is 14.5. The molecule has 0 radical (unpaired) electrons. The Morgan fingerprint density at radius 3 is 2.24 bits per heavy atom. The third kappa shape index (κ3) is 4.60. The van der Waals surface area contributed by atoms with Gasteiger partial charge >= 0.3 is 0 Å². The smallest absolute Gasteiger partial charge is 0.253 e. The zero-order valence-corrected chi connectivity index (χ0v) is 15.0. The van der Waals surface area contributed by atoms with Crippen LogP contribution < -0.4 is 5.73 Å². The lowest BCUT2D eigenvalue weighted by atomic mass is 9.87. The summed E-state index contributed by atoms with van der Waals surface area (Å²) >= 11 is 0. The highest BCUT2D eigenvalue weighted by molar-refractivity contribution is 5.94. The minimum Gasteiger partial charge on any atom is -0.388 e. The van der Waals surface area contributed by atoms with Crippen molar-refractivity contribution >= 4 is 18.3 Å². The molecule has 1 fully saturated rings. The van der Waals surface area contributed by atoms with Gasteiger partial charge in [0, 0.05) is 25.2 Å². The second kappa shape index (κ2) is 8.99. The number of hydrogen-bond acceptors (Lipinski definition) is 3. The Morgan fingerprint density at radius 1 is 1.08 bits per heavy atom. The summed E-state index contributed by atoms with van der Waals surface area (Å²) in [7, 11) is 0. The highest BCUT2D eigenvalue weighted by atomic mass is 35.5. The van der Waals surface area contributed by atoms with Gasteiger partial charge in [0.25, 0.3) is 5.91 Å². The van der Waals surface area contributed by atoms with Crippen molar-refractivity contribution in [2.24, 2.45) is 11.7 Å². The first-order chi connectivity index (χ1) is 11.7. The monoisotopic (exact) mass is 360 g/mol. The van der Waals surface area contributed by atoms with Crippen molar-refractivity contribution in [2.45, 2.75) is 25.5 Å². The van der Waals surface area contributed by atoms with Crippen molar-refractivity contribution in [3.63, 3.8) is 0 Å². The van der Waals surface area contributed by atoms with Crippen LogP contribution >= 0.6 is 12.4 Å². The third-order valence-corrected chi connectivity index (χ3v) is 4.85. The number of likely N-dealkylation sites (tertiary alicyclic amines) is 1. The van der Waals surface area contributed by atoms with Crippen molar-refractivity contribution in [3.05, 3.63) is 71.3 Å². The fourth-order valence-corrected chi connectivity index (χ4v) is 3.31. The van der Waals surface area contributed by atoms with Crippen molar-refractivity contribution in [2.75, 3.05) is 13.1 Å². The number of carbonyl (C=O) groups is 1. The van der Waals surface area contributed by atoms with Crippen LogP contribution in [0.3, 0.4) is 0 Å². The molecular formula is C20H25ClN2O2. The summed E-state index contributed by atoms with van der Waals surface area (Å²) in [5.74, 6) is 0.266. The van der Waals surface area contributed by atoms with Gasteiger partial charge in [0.2, 0.25) is 0 Å². The fraction of sp³-hybridized carbons (Fsp3) is 0.350. The van der Waals surface area contributed by atoms with Crippen molar-refractivity contribution in [1.29, 1.82) is 0 Å². The molecule has 1 atom stereocenters. The first-order valence-corrected chi connectivity index (χ1v) is 8.50. The number of benzene rings is 2. The van der Waals surface area contributed by atoms with Gasteiger partial charge in [-0.1, -0.05) is 42.5 Å². The molecule has 0 bridgehead atoms. The molecule has 0 spiro atoms. The summed E-state index contributed by atoms with van der Waals surface area (Å²) in [5.41, 5.74) is 8.28. The number of nitrogens with zero attached hydrogens (tertiary/aromatic N) is 1. The van der Waals surface area contributed by atoms with Crippen LogP contribution in [0.25, 0.3) is 0 Å². The Morgan fingerprint density at radius 2 is 1.68 bits per heavy atom. The van der Waals surface area contributed by atoms with Crippen molar-refractivity contribution in [1.82, 2.24) is 4.90 Å². The van der Waals surface area contributed by atoms with Gasteiger partial charge in [0.05, 0.1) is 6.10 Å². The number of piperidine rings is 1. The molecule has 1 saturated heterocycles. The van der Waals surface area contributed by atoms with Crippen LogP contribution in [-0.4, -0.2) is 29.0 Å². The zero-order chi connectivity index (χ0) is 16.9. The summed E-state index contributed by atoms with van der Waals surface area (Å²) < 4.78 is 0. The molecule has 0 saturated carbocycles. The highest BCUT2D eigenvalue weighted by Crippen LogP contribution is 2.31. The van der Waals surface area contributed by atoms with E-state index in [4.69, 9.17) is 5.73 Å². The van der Waals surface area contributed by atoms with Gasteiger partial charge in [-0.15, -0.1) is 12.4 Å². The predicted octanol–water partition coefficient (Wildman–Crippen LogP) is 3.15. The van der Waals surface area contributed by atoms with E-state index in [2.05, 4.69) is 0 Å². The summed E-state index contributed by atoms with van der Waals surface area (Å²) in [6.45, 7) is 1.86. The zero-order valence-electron chi connectivity index (χ0n) is 14.2. The van der Waals surface area contributed by atoms with Gasteiger partial charge < -0.3 is 15.7 Å². The molecule has 134 valence electrons. The highest BCUT2D eigenvalue weighted by Gasteiger charge is 2.28. The Balaban J connectivity index is 0.00000225. The molecule has 3 rings (SSSR count). The van der Waals surface area contributed by atoms with Crippen LogP contribution in [0, 0.1) is 5.92 Å². The Hall–Kier alpha value is -1.88. The number of rotatable bonds is 4. The quantitative estimate of drug-likeness (QED) is 0.880. The normalized spacial score (nSPS) is 16.2. The Kier molecular flexibility index (Phi) is 7.00. The van der Waals surface area contributed by atoms with E-state index in [0.29, 0.717) is 25.2 Å². The van der Waals surface area contributed by atoms with Crippen molar-refractivity contribution < 1.29 is 9.90 Å². The first kappa shape index (κ1) is 19.4. The van der Waals surface area contributed by atoms with Gasteiger partial charge in [0.15, 0.2) is 0 Å². The number of hydrogen-bond donors (Lipinski definition) is 2. The molecule has 0 aliphatic carbocycles. The van der Waals surface area contributed by atoms with Crippen molar-refractivity contribution in [3.8, 4) is 0 Å². The molecule has 1 heterocycles. The average Bonchev–Trinajstić information content (AvgIpc) is 2.68. The molecule has 25 heavy (non-hydrogen) atoms. The van der Waals surface area contributed by atoms with Crippen LogP contribution in [0.1, 0.15) is 40.4 Å². The van der Waals surface area contributed by atoms with Crippen LogP contribution in [0.4, 0.5) is 0 Å². The fourth-order valence-electron chi connectivity index (χ4n) is 3.31. The molecule has 3 N–H and O–H groups in total. The Bertz CT molecular complexity index is 668. The lowest BCUT2D eigenvalue weighted by Crippen LogP contribution is -2.39. The number of amides is 1. The second-order valence-corrected chi connectivity index (χ2v) is 6.39. The number of halogens is 1. The maximum absolute atomic E-state index is 12.6. The largest absolute Gasteiger partial charge is 0.388 e. The minimum atomic E-state index is -0.452. The van der Waals surface area contributed by atoms with E-state index in [1.165, 1.54) is 0 Å². The molecule has 1 amide bonds. The molecular weight excluding hydrogens is 336 g/mol. The van der Waals surface area contributed by atoms with Gasteiger partial charge in [-0.05, 0) is 42.0 Å². The van der Waals surface area contributed by atoms with Gasteiger partial charge in [0.1, 0.15) is 0 Å². The number of aliphatic hydroxyl groups is 1. The topological polar surface area (TPSA) is 66.6 Å². The lowest BCUT2D eigenvalue weighted by Gasteiger charge is -2.34. The van der Waals surface area contributed by atoms with E-state index in [9.17, 15) is 9.90 Å². The summed E-state index contributed by atoms with van der Waals surface area (Å²) in [5, 5.41) is 10.5. The first-order valence-electron chi connectivity index (χ1n) is 8.50. The van der Waals surface area contributed by atoms with E-state index in [1.807, 2.05) is 59.5 Å². The van der Waals surface area contributed by atoms with E-state index >= 15 is 0 Å². The summed E-state index contributed by atoms with van der Waals surface area (Å²) in [6.07, 6.45) is 1.19. The van der Waals surface area contributed by atoms with E-state index in [1.54, 1.807) is 0 Å². The average molecular weight is 361 g/mol. The van der Waals surface area contributed by atoms with Gasteiger partial charge in [-0.2, -0.15) is 0 Å². The summed E-state index contributed by atoms with van der Waals surface area (Å²) in [6, 6.07) is 17.3. The number of nitrogens with two attached hydrogens (primary N) is 1. The SMILES string of the molecule is Cl.NCc1ccc(C(=O)N2CCC(C(O)c3ccccc3)CC2)cc1. The maximum Gasteiger partial charge on any atom is 0.253 e. The second-order valence-electron chi connectivity index (χ2n) is 6.39. The molecule has 2 aromatic rings. The molecule has 5 heteroatoms. The van der Waals surface area contributed by atoms with Gasteiger partial charge in [-0.3, -0.25) is 4.79 Å².